The largest absolute Gasteiger partial charge is 0.497 e. The van der Waals surface area contributed by atoms with Gasteiger partial charge in [0.15, 0.2) is 11.0 Å². The summed E-state index contributed by atoms with van der Waals surface area (Å²) < 4.78 is 7.25. The minimum Gasteiger partial charge on any atom is -0.497 e. The van der Waals surface area contributed by atoms with Gasteiger partial charge >= 0.3 is 0 Å². The summed E-state index contributed by atoms with van der Waals surface area (Å²) in [6.45, 7) is 6.99. The molecule has 1 aromatic heterocycles. The number of nitrogens with one attached hydrogen (secondary N) is 1. The maximum Gasteiger partial charge on any atom is 0.230 e. The Morgan fingerprint density at radius 1 is 1.10 bits per heavy atom. The van der Waals surface area contributed by atoms with Gasteiger partial charge in [-0.15, -0.1) is 10.2 Å². The molecule has 0 aliphatic rings. The highest BCUT2D eigenvalue weighted by Crippen LogP contribution is 2.26. The van der Waals surface area contributed by atoms with Crippen LogP contribution in [0.4, 0.5) is 0 Å². The van der Waals surface area contributed by atoms with Gasteiger partial charge < -0.3 is 14.6 Å². The van der Waals surface area contributed by atoms with Crippen molar-refractivity contribution >= 4 is 17.7 Å². The Hall–Kier alpha value is -2.80. The van der Waals surface area contributed by atoms with Crippen LogP contribution in [0.15, 0.2) is 59.8 Å². The molecule has 1 N–H and O–H groups in total. The monoisotopic (exact) mass is 424 g/mol. The zero-order chi connectivity index (χ0) is 21.5. The molecule has 1 atom stereocenters. The number of hydrogen-bond donors (Lipinski definition) is 1. The van der Waals surface area contributed by atoms with Gasteiger partial charge in [0.1, 0.15) is 5.75 Å². The number of aromatic nitrogens is 3. The van der Waals surface area contributed by atoms with E-state index < -0.39 is 0 Å². The van der Waals surface area contributed by atoms with Crippen LogP contribution >= 0.6 is 11.8 Å². The van der Waals surface area contributed by atoms with Crippen molar-refractivity contribution in [2.24, 2.45) is 5.92 Å². The Labute approximate surface area is 182 Å². The quantitative estimate of drug-likeness (QED) is 0.509. The fraction of sp³-hybridized carbons (Fsp3) is 0.348. The van der Waals surface area contributed by atoms with Crippen molar-refractivity contribution < 1.29 is 9.53 Å². The predicted octanol–water partition coefficient (Wildman–Crippen LogP) is 4.58. The molecule has 30 heavy (non-hydrogen) atoms. The first-order valence-electron chi connectivity index (χ1n) is 10.1. The minimum atomic E-state index is -0.0156. The highest BCUT2D eigenvalue weighted by molar-refractivity contribution is 7.99. The lowest BCUT2D eigenvalue weighted by molar-refractivity contribution is -0.119. The Kier molecular flexibility index (Phi) is 7.52. The Balaban J connectivity index is 1.67. The molecular weight excluding hydrogens is 396 g/mol. The molecular formula is C23H28N4O2S. The van der Waals surface area contributed by atoms with E-state index in [2.05, 4.69) is 29.4 Å². The first kappa shape index (κ1) is 21.9. The van der Waals surface area contributed by atoms with Gasteiger partial charge in [-0.1, -0.05) is 55.9 Å². The Morgan fingerprint density at radius 3 is 2.40 bits per heavy atom. The summed E-state index contributed by atoms with van der Waals surface area (Å²) in [5.74, 6) is 2.15. The molecule has 2 aromatic carbocycles. The SMILES string of the molecule is CCn1c(SCC(=O)NC(c2ccccc2)C(C)C)nnc1-c1ccc(OC)cc1. The molecule has 158 valence electrons. The highest BCUT2D eigenvalue weighted by atomic mass is 32.2. The number of nitrogens with zero attached hydrogens (tertiary/aromatic N) is 3. The third-order valence-corrected chi connectivity index (χ3v) is 5.82. The number of benzene rings is 2. The van der Waals surface area contributed by atoms with Crippen LogP contribution < -0.4 is 10.1 Å². The standard InChI is InChI=1S/C23H28N4O2S/c1-5-27-22(18-11-13-19(29-4)14-12-18)25-26-23(27)30-15-20(28)24-21(16(2)3)17-9-7-6-8-10-17/h6-14,16,21H,5,15H2,1-4H3,(H,24,28). The number of hydrogen-bond acceptors (Lipinski definition) is 5. The van der Waals surface area contributed by atoms with E-state index in [1.807, 2.05) is 66.1 Å². The molecule has 1 amide bonds. The van der Waals surface area contributed by atoms with E-state index in [9.17, 15) is 4.79 Å². The third-order valence-electron chi connectivity index (χ3n) is 4.86. The Morgan fingerprint density at radius 2 is 1.80 bits per heavy atom. The van der Waals surface area contributed by atoms with Gasteiger partial charge in [-0.05, 0) is 42.7 Å². The number of carbonyl (C=O) groups excluding carboxylic acids is 1. The van der Waals surface area contributed by atoms with Crippen molar-refractivity contribution in [2.75, 3.05) is 12.9 Å². The molecule has 0 aliphatic heterocycles. The van der Waals surface area contributed by atoms with E-state index in [1.165, 1.54) is 11.8 Å². The van der Waals surface area contributed by atoms with Crippen molar-refractivity contribution in [3.63, 3.8) is 0 Å². The van der Waals surface area contributed by atoms with Crippen molar-refractivity contribution in [3.05, 3.63) is 60.2 Å². The van der Waals surface area contributed by atoms with Crippen molar-refractivity contribution in [3.8, 4) is 17.1 Å². The molecule has 3 aromatic rings. The molecule has 0 fully saturated rings. The zero-order valence-electron chi connectivity index (χ0n) is 17.8. The molecule has 1 heterocycles. The predicted molar refractivity (Wildman–Crippen MR) is 121 cm³/mol. The van der Waals surface area contributed by atoms with E-state index in [0.29, 0.717) is 5.92 Å². The lowest BCUT2D eigenvalue weighted by atomic mass is 9.96. The van der Waals surface area contributed by atoms with Gasteiger partial charge in [0, 0.05) is 12.1 Å². The summed E-state index contributed by atoms with van der Waals surface area (Å²) >= 11 is 1.40. The average Bonchev–Trinajstić information content (AvgIpc) is 3.19. The van der Waals surface area contributed by atoms with Crippen LogP contribution in [-0.4, -0.2) is 33.5 Å². The average molecular weight is 425 g/mol. The molecule has 0 saturated carbocycles. The van der Waals surface area contributed by atoms with Gasteiger partial charge in [-0.25, -0.2) is 0 Å². The lowest BCUT2D eigenvalue weighted by Crippen LogP contribution is -2.33. The molecule has 6 nitrogen and oxygen atoms in total. The number of ether oxygens (including phenoxy) is 1. The van der Waals surface area contributed by atoms with Gasteiger partial charge in [-0.3, -0.25) is 4.79 Å². The van der Waals surface area contributed by atoms with Crippen LogP contribution in [0.25, 0.3) is 11.4 Å². The van der Waals surface area contributed by atoms with Crippen molar-refractivity contribution in [1.29, 1.82) is 0 Å². The van der Waals surface area contributed by atoms with Gasteiger partial charge in [0.05, 0.1) is 18.9 Å². The molecule has 0 bridgehead atoms. The fourth-order valence-corrected chi connectivity index (χ4v) is 4.09. The first-order valence-corrected chi connectivity index (χ1v) is 11.1. The summed E-state index contributed by atoms with van der Waals surface area (Å²) in [5, 5.41) is 12.6. The van der Waals surface area contributed by atoms with E-state index in [0.717, 1.165) is 34.4 Å². The number of methoxy groups -OCH3 is 1. The summed E-state index contributed by atoms with van der Waals surface area (Å²) in [7, 11) is 1.64. The van der Waals surface area contributed by atoms with E-state index >= 15 is 0 Å². The molecule has 0 aliphatic carbocycles. The number of carbonyl (C=O) groups is 1. The van der Waals surface area contributed by atoms with Crippen molar-refractivity contribution in [1.82, 2.24) is 20.1 Å². The molecule has 3 rings (SSSR count). The second-order valence-corrected chi connectivity index (χ2v) is 8.21. The van der Waals surface area contributed by atoms with Crippen LogP contribution in [0.1, 0.15) is 32.4 Å². The minimum absolute atomic E-state index is 0.0146. The highest BCUT2D eigenvalue weighted by Gasteiger charge is 2.19. The van der Waals surface area contributed by atoms with Crippen LogP contribution in [-0.2, 0) is 11.3 Å². The molecule has 0 spiro atoms. The molecule has 0 saturated heterocycles. The van der Waals surface area contributed by atoms with E-state index in [4.69, 9.17) is 4.74 Å². The van der Waals surface area contributed by atoms with Crippen LogP contribution in [0, 0.1) is 5.92 Å². The topological polar surface area (TPSA) is 69.0 Å². The normalized spacial score (nSPS) is 12.0. The summed E-state index contributed by atoms with van der Waals surface area (Å²) in [6, 6.07) is 17.8. The zero-order valence-corrected chi connectivity index (χ0v) is 18.6. The second-order valence-electron chi connectivity index (χ2n) is 7.27. The van der Waals surface area contributed by atoms with E-state index in [1.54, 1.807) is 7.11 Å². The molecule has 7 heteroatoms. The van der Waals surface area contributed by atoms with Crippen LogP contribution in [0.5, 0.6) is 5.75 Å². The Bertz CT molecular complexity index is 955. The maximum absolute atomic E-state index is 12.6. The number of amides is 1. The maximum atomic E-state index is 12.6. The summed E-state index contributed by atoms with van der Waals surface area (Å²) in [6.07, 6.45) is 0. The first-order chi connectivity index (χ1) is 14.5. The van der Waals surface area contributed by atoms with Gasteiger partial charge in [0.2, 0.25) is 5.91 Å². The van der Waals surface area contributed by atoms with Gasteiger partial charge in [-0.2, -0.15) is 0 Å². The third kappa shape index (κ3) is 5.21. The smallest absolute Gasteiger partial charge is 0.230 e. The second kappa shape index (κ2) is 10.3. The molecule has 1 unspecified atom stereocenters. The number of rotatable bonds is 9. The summed E-state index contributed by atoms with van der Waals surface area (Å²) in [5.41, 5.74) is 2.08. The fourth-order valence-electron chi connectivity index (χ4n) is 3.27. The molecule has 0 radical (unpaired) electrons. The van der Waals surface area contributed by atoms with Gasteiger partial charge in [0.25, 0.3) is 0 Å². The lowest BCUT2D eigenvalue weighted by Gasteiger charge is -2.22. The van der Waals surface area contributed by atoms with Crippen molar-refractivity contribution in [2.45, 2.75) is 38.5 Å². The van der Waals surface area contributed by atoms with E-state index in [-0.39, 0.29) is 17.7 Å². The summed E-state index contributed by atoms with van der Waals surface area (Å²) in [4.78, 5) is 12.6. The van der Waals surface area contributed by atoms with Crippen LogP contribution in [0.3, 0.4) is 0 Å². The number of thioether (sulfide) groups is 1. The van der Waals surface area contributed by atoms with Crippen LogP contribution in [0.2, 0.25) is 0 Å².